The molecule has 19 heavy (non-hydrogen) atoms. The molecule has 1 saturated heterocycles. The van der Waals surface area contributed by atoms with Gasteiger partial charge in [-0.1, -0.05) is 32.0 Å². The molecule has 1 aliphatic heterocycles. The number of rotatable bonds is 2. The van der Waals surface area contributed by atoms with Gasteiger partial charge in [-0.3, -0.25) is 0 Å². The average Bonchev–Trinajstić information content (AvgIpc) is 2.48. The molecule has 2 N–H and O–H groups in total. The van der Waals surface area contributed by atoms with E-state index in [1.165, 1.54) is 11.3 Å². The first kappa shape index (κ1) is 14.4. The van der Waals surface area contributed by atoms with Crippen molar-refractivity contribution in [2.24, 2.45) is 0 Å². The fourth-order valence-electron chi connectivity index (χ4n) is 2.80. The Morgan fingerprint density at radius 2 is 2.05 bits per heavy atom. The lowest BCUT2D eigenvalue weighted by atomic mass is 9.98. The molecular weight excluding hydrogens is 236 g/mol. The van der Waals surface area contributed by atoms with E-state index in [0.29, 0.717) is 25.0 Å². The number of hydrogen-bond donors (Lipinski definition) is 2. The minimum absolute atomic E-state index is 0.383. The molecule has 0 aromatic heterocycles. The largest absolute Gasteiger partial charge is 0.387 e. The molecule has 3 nitrogen and oxygen atoms in total. The summed E-state index contributed by atoms with van der Waals surface area (Å²) in [5, 5.41) is 13.8. The number of aliphatic hydroxyl groups is 1. The van der Waals surface area contributed by atoms with Crippen LogP contribution >= 0.6 is 0 Å². The predicted octanol–water partition coefficient (Wildman–Crippen LogP) is 2.36. The van der Waals surface area contributed by atoms with Gasteiger partial charge < -0.3 is 15.3 Å². The van der Waals surface area contributed by atoms with Gasteiger partial charge in [0.2, 0.25) is 0 Å². The SMILES string of the molecule is CC(C)c1ccccc1N1CC(C)(O)CNCC1C. The Hall–Kier alpha value is -1.06. The van der Waals surface area contributed by atoms with Crippen molar-refractivity contribution >= 4 is 5.69 Å². The maximum absolute atomic E-state index is 10.4. The molecule has 0 radical (unpaired) electrons. The van der Waals surface area contributed by atoms with E-state index in [9.17, 15) is 5.11 Å². The van der Waals surface area contributed by atoms with E-state index >= 15 is 0 Å². The van der Waals surface area contributed by atoms with Gasteiger partial charge >= 0.3 is 0 Å². The molecule has 1 fully saturated rings. The molecule has 1 aliphatic rings. The third-order valence-corrected chi connectivity index (χ3v) is 3.86. The van der Waals surface area contributed by atoms with Gasteiger partial charge in [-0.15, -0.1) is 0 Å². The van der Waals surface area contributed by atoms with E-state index in [0.717, 1.165) is 6.54 Å². The summed E-state index contributed by atoms with van der Waals surface area (Å²) in [4.78, 5) is 2.34. The van der Waals surface area contributed by atoms with Crippen LogP contribution in [0.5, 0.6) is 0 Å². The zero-order valence-corrected chi connectivity index (χ0v) is 12.5. The maximum Gasteiger partial charge on any atom is 0.0917 e. The molecule has 0 spiro atoms. The summed E-state index contributed by atoms with van der Waals surface area (Å²) in [6.07, 6.45) is 0. The number of nitrogens with zero attached hydrogens (tertiary/aromatic N) is 1. The second-order valence-corrected chi connectivity index (χ2v) is 6.32. The van der Waals surface area contributed by atoms with Gasteiger partial charge in [0.1, 0.15) is 0 Å². The summed E-state index contributed by atoms with van der Waals surface area (Å²) >= 11 is 0. The van der Waals surface area contributed by atoms with Gasteiger partial charge in [0.15, 0.2) is 0 Å². The van der Waals surface area contributed by atoms with Crippen LogP contribution in [0.1, 0.15) is 39.2 Å². The van der Waals surface area contributed by atoms with Crippen molar-refractivity contribution in [3.05, 3.63) is 29.8 Å². The molecule has 2 rings (SSSR count). The Kier molecular flexibility index (Phi) is 4.16. The molecule has 1 aromatic carbocycles. The Balaban J connectivity index is 2.37. The maximum atomic E-state index is 10.4. The monoisotopic (exact) mass is 262 g/mol. The van der Waals surface area contributed by atoms with Crippen molar-refractivity contribution in [1.82, 2.24) is 5.32 Å². The first-order valence-electron chi connectivity index (χ1n) is 7.19. The van der Waals surface area contributed by atoms with E-state index in [4.69, 9.17) is 0 Å². The average molecular weight is 262 g/mol. The minimum Gasteiger partial charge on any atom is -0.387 e. The second kappa shape index (κ2) is 5.51. The summed E-state index contributed by atoms with van der Waals surface area (Å²) in [5.74, 6) is 0.490. The third kappa shape index (κ3) is 3.28. The van der Waals surface area contributed by atoms with Gasteiger partial charge in [0, 0.05) is 31.4 Å². The number of β-amino-alcohol motifs (C(OH)–C–C–N with tert-alkyl or cyclic N) is 1. The lowest BCUT2D eigenvalue weighted by Gasteiger charge is -2.35. The van der Waals surface area contributed by atoms with Crippen molar-refractivity contribution < 1.29 is 5.11 Å². The van der Waals surface area contributed by atoms with Crippen LogP contribution in [-0.4, -0.2) is 36.4 Å². The lowest BCUT2D eigenvalue weighted by Crippen LogP contribution is -2.45. The number of hydrogen-bond acceptors (Lipinski definition) is 3. The molecule has 2 unspecified atom stereocenters. The van der Waals surface area contributed by atoms with E-state index in [1.54, 1.807) is 0 Å². The fourth-order valence-corrected chi connectivity index (χ4v) is 2.80. The topological polar surface area (TPSA) is 35.5 Å². The molecule has 2 atom stereocenters. The highest BCUT2D eigenvalue weighted by atomic mass is 16.3. The smallest absolute Gasteiger partial charge is 0.0917 e. The summed E-state index contributed by atoms with van der Waals surface area (Å²) in [6.45, 7) is 10.8. The lowest BCUT2D eigenvalue weighted by molar-refractivity contribution is 0.0726. The standard InChI is InChI=1S/C16H26N2O/c1-12(2)14-7-5-6-8-15(14)18-11-16(4,19)10-17-9-13(18)3/h5-8,12-13,17,19H,9-11H2,1-4H3. The Bertz CT molecular complexity index is 429. The molecule has 1 heterocycles. The quantitative estimate of drug-likeness (QED) is 0.859. The van der Waals surface area contributed by atoms with E-state index in [2.05, 4.69) is 55.3 Å². The summed E-state index contributed by atoms with van der Waals surface area (Å²) in [6, 6.07) is 8.93. The highest BCUT2D eigenvalue weighted by molar-refractivity contribution is 5.56. The molecule has 0 aliphatic carbocycles. The third-order valence-electron chi connectivity index (χ3n) is 3.86. The summed E-state index contributed by atoms with van der Waals surface area (Å²) in [7, 11) is 0. The zero-order valence-electron chi connectivity index (χ0n) is 12.5. The van der Waals surface area contributed by atoms with Gasteiger partial charge in [0.05, 0.1) is 5.60 Å². The number of anilines is 1. The van der Waals surface area contributed by atoms with Crippen LogP contribution in [0.25, 0.3) is 0 Å². The van der Waals surface area contributed by atoms with E-state index in [1.807, 2.05) is 6.92 Å². The van der Waals surface area contributed by atoms with Crippen molar-refractivity contribution in [3.63, 3.8) is 0 Å². The van der Waals surface area contributed by atoms with Crippen molar-refractivity contribution in [2.45, 2.75) is 45.3 Å². The molecule has 0 saturated carbocycles. The van der Waals surface area contributed by atoms with Gasteiger partial charge in [-0.25, -0.2) is 0 Å². The van der Waals surface area contributed by atoms with Crippen molar-refractivity contribution in [1.29, 1.82) is 0 Å². The Morgan fingerprint density at radius 1 is 1.37 bits per heavy atom. The number of para-hydroxylation sites is 1. The molecular formula is C16H26N2O. The van der Waals surface area contributed by atoms with Crippen LogP contribution in [0.4, 0.5) is 5.69 Å². The van der Waals surface area contributed by atoms with Gasteiger partial charge in [-0.2, -0.15) is 0 Å². The van der Waals surface area contributed by atoms with Gasteiger partial charge in [-0.05, 0) is 31.4 Å². The molecule has 106 valence electrons. The Morgan fingerprint density at radius 3 is 2.74 bits per heavy atom. The van der Waals surface area contributed by atoms with Crippen LogP contribution in [0.15, 0.2) is 24.3 Å². The first-order valence-corrected chi connectivity index (χ1v) is 7.19. The molecule has 3 heteroatoms. The first-order chi connectivity index (χ1) is 8.91. The molecule has 0 bridgehead atoms. The van der Waals surface area contributed by atoms with Crippen molar-refractivity contribution in [2.75, 3.05) is 24.5 Å². The highest BCUT2D eigenvalue weighted by Gasteiger charge is 2.31. The normalized spacial score (nSPS) is 28.5. The van der Waals surface area contributed by atoms with Crippen LogP contribution < -0.4 is 10.2 Å². The summed E-state index contributed by atoms with van der Waals surface area (Å²) < 4.78 is 0. The van der Waals surface area contributed by atoms with Crippen LogP contribution in [0, 0.1) is 0 Å². The van der Waals surface area contributed by atoms with Gasteiger partial charge in [0.25, 0.3) is 0 Å². The number of nitrogens with one attached hydrogen (secondary N) is 1. The van der Waals surface area contributed by atoms with E-state index in [-0.39, 0.29) is 0 Å². The van der Waals surface area contributed by atoms with Crippen LogP contribution in [0.2, 0.25) is 0 Å². The fraction of sp³-hybridized carbons (Fsp3) is 0.625. The van der Waals surface area contributed by atoms with Crippen molar-refractivity contribution in [3.8, 4) is 0 Å². The minimum atomic E-state index is -0.686. The van der Waals surface area contributed by atoms with Crippen LogP contribution in [0.3, 0.4) is 0 Å². The highest BCUT2D eigenvalue weighted by Crippen LogP contribution is 2.30. The van der Waals surface area contributed by atoms with E-state index < -0.39 is 5.60 Å². The molecule has 1 aromatic rings. The second-order valence-electron chi connectivity index (χ2n) is 6.32. The Labute approximate surface area is 116 Å². The van der Waals surface area contributed by atoms with Crippen LogP contribution in [-0.2, 0) is 0 Å². The zero-order chi connectivity index (χ0) is 14.0. The number of benzene rings is 1. The molecule has 0 amide bonds. The summed E-state index contributed by atoms with van der Waals surface area (Å²) in [5.41, 5.74) is 1.93. The predicted molar refractivity (Wildman–Crippen MR) is 80.8 cm³/mol.